The summed E-state index contributed by atoms with van der Waals surface area (Å²) in [5.41, 5.74) is 3.44. The van der Waals surface area contributed by atoms with Crippen molar-refractivity contribution >= 4 is 11.7 Å². The molecule has 0 radical (unpaired) electrons. The number of benzene rings is 1. The van der Waals surface area contributed by atoms with Crippen LogP contribution in [0.3, 0.4) is 0 Å². The number of nitrogens with zero attached hydrogens (tertiary/aromatic N) is 2. The number of ether oxygens (including phenoxy) is 1. The Bertz CT molecular complexity index is 553. The zero-order valence-corrected chi connectivity index (χ0v) is 13.7. The average Bonchev–Trinajstić information content (AvgIpc) is 2.94. The van der Waals surface area contributed by atoms with Crippen molar-refractivity contribution in [2.24, 2.45) is 4.99 Å². The fourth-order valence-electron chi connectivity index (χ4n) is 3.59. The van der Waals surface area contributed by atoms with Gasteiger partial charge in [0.15, 0.2) is 0 Å². The number of aryl methyl sites for hydroxylation is 2. The molecule has 118 valence electrons. The van der Waals surface area contributed by atoms with E-state index < -0.39 is 0 Å². The predicted octanol–water partition coefficient (Wildman–Crippen LogP) is 4.51. The van der Waals surface area contributed by atoms with Crippen molar-refractivity contribution in [2.45, 2.75) is 58.0 Å². The van der Waals surface area contributed by atoms with Gasteiger partial charge in [-0.3, -0.25) is 0 Å². The third kappa shape index (κ3) is 2.90. The van der Waals surface area contributed by atoms with E-state index in [0.29, 0.717) is 12.6 Å². The molecule has 2 fully saturated rings. The zero-order valence-electron chi connectivity index (χ0n) is 13.7. The highest BCUT2D eigenvalue weighted by molar-refractivity contribution is 5.81. The first kappa shape index (κ1) is 15.1. The van der Waals surface area contributed by atoms with E-state index in [1.807, 2.05) is 6.08 Å². The van der Waals surface area contributed by atoms with Gasteiger partial charge in [0.05, 0.1) is 11.7 Å². The molecule has 0 bridgehead atoms. The van der Waals surface area contributed by atoms with Crippen LogP contribution in [0.25, 0.3) is 0 Å². The predicted molar refractivity (Wildman–Crippen MR) is 91.7 cm³/mol. The van der Waals surface area contributed by atoms with E-state index >= 15 is 0 Å². The average molecular weight is 298 g/mol. The summed E-state index contributed by atoms with van der Waals surface area (Å²) < 4.78 is 5.94. The van der Waals surface area contributed by atoms with Gasteiger partial charge in [-0.05, 0) is 37.8 Å². The third-order valence-electron chi connectivity index (χ3n) is 4.85. The maximum atomic E-state index is 5.94. The van der Waals surface area contributed by atoms with Crippen LogP contribution in [0.4, 0.5) is 5.69 Å². The standard InChI is InChI=1S/C19H26N2O/c1-4-16-13-22-19(21(16)17-11-6-5-7-12-17)20-18-14(2)9-8-10-15(18)3/h4,8-10,16-17H,1,5-7,11-13H2,2-3H3. The van der Waals surface area contributed by atoms with E-state index in [1.54, 1.807) is 0 Å². The SMILES string of the molecule is C=CC1COC(=Nc2c(C)cccc2C)N1C1CCCCC1. The second-order valence-electron chi connectivity index (χ2n) is 6.45. The number of aliphatic imine (C=N–C) groups is 1. The largest absolute Gasteiger partial charge is 0.462 e. The Balaban J connectivity index is 1.93. The molecule has 0 aromatic heterocycles. The van der Waals surface area contributed by atoms with Crippen molar-refractivity contribution in [1.82, 2.24) is 4.90 Å². The molecule has 0 spiro atoms. The first-order valence-electron chi connectivity index (χ1n) is 8.39. The molecule has 1 saturated carbocycles. The minimum Gasteiger partial charge on any atom is -0.462 e. The summed E-state index contributed by atoms with van der Waals surface area (Å²) >= 11 is 0. The minimum atomic E-state index is 0.256. The van der Waals surface area contributed by atoms with Crippen LogP contribution < -0.4 is 0 Å². The highest BCUT2D eigenvalue weighted by Gasteiger charge is 2.35. The van der Waals surface area contributed by atoms with Crippen LogP contribution in [0.2, 0.25) is 0 Å². The molecule has 1 heterocycles. The molecule has 22 heavy (non-hydrogen) atoms. The van der Waals surface area contributed by atoms with E-state index in [9.17, 15) is 0 Å². The van der Waals surface area contributed by atoms with Gasteiger partial charge in [-0.2, -0.15) is 4.99 Å². The summed E-state index contributed by atoms with van der Waals surface area (Å²) in [7, 11) is 0. The Morgan fingerprint density at radius 1 is 1.18 bits per heavy atom. The molecular weight excluding hydrogens is 272 g/mol. The van der Waals surface area contributed by atoms with Gasteiger partial charge < -0.3 is 9.64 Å². The molecular formula is C19H26N2O. The molecule has 2 aliphatic rings. The zero-order chi connectivity index (χ0) is 15.5. The molecule has 3 heteroatoms. The van der Waals surface area contributed by atoms with Crippen LogP contribution in [0, 0.1) is 13.8 Å². The van der Waals surface area contributed by atoms with Gasteiger partial charge in [-0.1, -0.05) is 43.5 Å². The maximum absolute atomic E-state index is 5.94. The lowest BCUT2D eigenvalue weighted by molar-refractivity contribution is 0.233. The summed E-state index contributed by atoms with van der Waals surface area (Å²) in [4.78, 5) is 7.26. The quantitative estimate of drug-likeness (QED) is 0.767. The highest BCUT2D eigenvalue weighted by Crippen LogP contribution is 2.31. The van der Waals surface area contributed by atoms with Gasteiger partial charge in [0.25, 0.3) is 6.02 Å². The monoisotopic (exact) mass is 298 g/mol. The first-order valence-corrected chi connectivity index (χ1v) is 8.39. The lowest BCUT2D eigenvalue weighted by Gasteiger charge is -2.33. The topological polar surface area (TPSA) is 24.8 Å². The molecule has 1 atom stereocenters. The lowest BCUT2D eigenvalue weighted by atomic mass is 9.93. The van der Waals surface area contributed by atoms with Crippen LogP contribution in [-0.4, -0.2) is 29.6 Å². The Labute approximate surface area is 133 Å². The van der Waals surface area contributed by atoms with Crippen molar-refractivity contribution in [3.05, 3.63) is 42.0 Å². The van der Waals surface area contributed by atoms with E-state index in [4.69, 9.17) is 9.73 Å². The summed E-state index contributed by atoms with van der Waals surface area (Å²) in [6.07, 6.45) is 8.44. The molecule has 0 N–H and O–H groups in total. The molecule has 0 amide bonds. The molecule has 1 aromatic rings. The van der Waals surface area contributed by atoms with E-state index in [-0.39, 0.29) is 6.04 Å². The van der Waals surface area contributed by atoms with E-state index in [1.165, 1.54) is 43.2 Å². The fraction of sp³-hybridized carbons (Fsp3) is 0.526. The van der Waals surface area contributed by atoms with Crippen molar-refractivity contribution in [2.75, 3.05) is 6.61 Å². The number of hydrogen-bond acceptors (Lipinski definition) is 2. The van der Waals surface area contributed by atoms with Crippen LogP contribution >= 0.6 is 0 Å². The second-order valence-corrected chi connectivity index (χ2v) is 6.45. The maximum Gasteiger partial charge on any atom is 0.293 e. The number of para-hydroxylation sites is 1. The Kier molecular flexibility index (Phi) is 4.51. The third-order valence-corrected chi connectivity index (χ3v) is 4.85. The lowest BCUT2D eigenvalue weighted by Crippen LogP contribution is -2.42. The van der Waals surface area contributed by atoms with Gasteiger partial charge in [0, 0.05) is 6.04 Å². The molecule has 1 unspecified atom stereocenters. The van der Waals surface area contributed by atoms with Gasteiger partial charge in [-0.25, -0.2) is 0 Å². The van der Waals surface area contributed by atoms with Gasteiger partial charge in [-0.15, -0.1) is 6.58 Å². The summed E-state index contributed by atoms with van der Waals surface area (Å²) in [5.74, 6) is 0. The number of hydrogen-bond donors (Lipinski definition) is 0. The summed E-state index contributed by atoms with van der Waals surface area (Å²) in [6, 6.07) is 7.88. The molecule has 1 aliphatic carbocycles. The van der Waals surface area contributed by atoms with Crippen LogP contribution in [0.1, 0.15) is 43.2 Å². The highest BCUT2D eigenvalue weighted by atomic mass is 16.5. The van der Waals surface area contributed by atoms with Crippen molar-refractivity contribution in [1.29, 1.82) is 0 Å². The Morgan fingerprint density at radius 2 is 1.86 bits per heavy atom. The van der Waals surface area contributed by atoms with Gasteiger partial charge in [0.1, 0.15) is 6.61 Å². The minimum absolute atomic E-state index is 0.256. The van der Waals surface area contributed by atoms with Gasteiger partial charge in [0.2, 0.25) is 0 Å². The smallest absolute Gasteiger partial charge is 0.293 e. The van der Waals surface area contributed by atoms with Crippen molar-refractivity contribution in [3.63, 3.8) is 0 Å². The molecule has 1 saturated heterocycles. The van der Waals surface area contributed by atoms with E-state index in [0.717, 1.165) is 11.7 Å². The fourth-order valence-corrected chi connectivity index (χ4v) is 3.59. The summed E-state index contributed by atoms with van der Waals surface area (Å²) in [6.45, 7) is 8.87. The Morgan fingerprint density at radius 3 is 2.50 bits per heavy atom. The molecule has 1 aromatic carbocycles. The van der Waals surface area contributed by atoms with Crippen LogP contribution in [0.5, 0.6) is 0 Å². The molecule has 3 rings (SSSR count). The number of amidine groups is 1. The molecule has 1 aliphatic heterocycles. The van der Waals surface area contributed by atoms with Crippen molar-refractivity contribution < 1.29 is 4.74 Å². The number of rotatable bonds is 3. The normalized spacial score (nSPS) is 24.5. The summed E-state index contributed by atoms with van der Waals surface area (Å²) in [5, 5.41) is 0. The van der Waals surface area contributed by atoms with Crippen molar-refractivity contribution in [3.8, 4) is 0 Å². The Hall–Kier alpha value is -1.77. The van der Waals surface area contributed by atoms with Gasteiger partial charge >= 0.3 is 0 Å². The van der Waals surface area contributed by atoms with E-state index in [2.05, 4.69) is 43.5 Å². The molecule has 3 nitrogen and oxygen atoms in total. The second kappa shape index (κ2) is 6.55. The first-order chi connectivity index (χ1) is 10.7. The van der Waals surface area contributed by atoms with Crippen LogP contribution in [0.15, 0.2) is 35.8 Å². The van der Waals surface area contributed by atoms with Crippen LogP contribution in [-0.2, 0) is 4.74 Å².